The van der Waals surface area contributed by atoms with Crippen LogP contribution in [0.4, 0.5) is 0 Å². The van der Waals surface area contributed by atoms with E-state index in [2.05, 4.69) is 45.9 Å². The van der Waals surface area contributed by atoms with Crippen LogP contribution >= 0.6 is 0 Å². The molecular formula is C24H29NO3. The number of esters is 1. The van der Waals surface area contributed by atoms with Gasteiger partial charge in [0.05, 0.1) is 12.2 Å². The van der Waals surface area contributed by atoms with Gasteiger partial charge in [-0.2, -0.15) is 0 Å². The molecule has 0 atom stereocenters. The summed E-state index contributed by atoms with van der Waals surface area (Å²) in [5.74, 6) is 1.43. The van der Waals surface area contributed by atoms with E-state index in [1.54, 1.807) is 30.2 Å². The summed E-state index contributed by atoms with van der Waals surface area (Å²) in [5.41, 5.74) is 4.64. The van der Waals surface area contributed by atoms with Crippen molar-refractivity contribution in [2.75, 3.05) is 6.61 Å². The number of fused-ring (bicyclic) bond motifs is 1. The predicted molar refractivity (Wildman–Crippen MR) is 110 cm³/mol. The summed E-state index contributed by atoms with van der Waals surface area (Å²) in [7, 11) is 0. The third-order valence-corrected chi connectivity index (χ3v) is 5.93. The molecule has 1 aromatic rings. The molecule has 28 heavy (non-hydrogen) atoms. The van der Waals surface area contributed by atoms with Gasteiger partial charge in [0, 0.05) is 12.7 Å². The van der Waals surface area contributed by atoms with E-state index in [1.807, 2.05) is 5.94 Å². The van der Waals surface area contributed by atoms with Gasteiger partial charge in [-0.05, 0) is 59.4 Å². The molecule has 0 fully saturated rings. The maximum absolute atomic E-state index is 12.2. The second-order valence-corrected chi connectivity index (χ2v) is 8.87. The molecule has 148 valence electrons. The van der Waals surface area contributed by atoms with E-state index in [-0.39, 0.29) is 28.7 Å². The van der Waals surface area contributed by atoms with E-state index < -0.39 is 5.97 Å². The molecule has 1 aromatic carbocycles. The Hall–Kier alpha value is -2.58. The van der Waals surface area contributed by atoms with Gasteiger partial charge in [-0.1, -0.05) is 45.9 Å². The lowest BCUT2D eigenvalue weighted by molar-refractivity contribution is -0.138. The van der Waals surface area contributed by atoms with Gasteiger partial charge >= 0.3 is 5.97 Å². The average Bonchev–Trinajstić information content (AvgIpc) is 2.65. The van der Waals surface area contributed by atoms with Crippen molar-refractivity contribution in [2.24, 2.45) is 0 Å². The molecular weight excluding hydrogens is 350 g/mol. The van der Waals surface area contributed by atoms with Crippen LogP contribution in [0.15, 0.2) is 47.8 Å². The minimum absolute atomic E-state index is 0.123. The van der Waals surface area contributed by atoms with Crippen LogP contribution in [0.3, 0.4) is 0 Å². The van der Waals surface area contributed by atoms with Gasteiger partial charge in [-0.3, -0.25) is 0 Å². The Morgan fingerprint density at radius 3 is 2.46 bits per heavy atom. The summed E-state index contributed by atoms with van der Waals surface area (Å²) in [6.07, 6.45) is 7.49. The van der Waals surface area contributed by atoms with Crippen molar-refractivity contribution in [3.63, 3.8) is 0 Å². The van der Waals surface area contributed by atoms with E-state index in [4.69, 9.17) is 4.74 Å². The molecule has 0 saturated heterocycles. The fourth-order valence-corrected chi connectivity index (χ4v) is 4.10. The number of nitrogens with zero attached hydrogens (tertiary/aromatic N) is 1. The maximum Gasteiger partial charge on any atom is 0.341 e. The van der Waals surface area contributed by atoms with Crippen LogP contribution in [-0.2, 0) is 31.7 Å². The van der Waals surface area contributed by atoms with E-state index >= 15 is 0 Å². The van der Waals surface area contributed by atoms with E-state index in [1.165, 1.54) is 17.5 Å². The topological polar surface area (TPSA) is 46.6 Å². The quantitative estimate of drug-likeness (QED) is 0.568. The molecule has 4 heteroatoms. The second-order valence-electron chi connectivity index (χ2n) is 8.87. The third-order valence-electron chi connectivity index (χ3n) is 5.93. The largest absolute Gasteiger partial charge is 0.462 e. The highest BCUT2D eigenvalue weighted by molar-refractivity contribution is 5.96. The first kappa shape index (κ1) is 20.2. The van der Waals surface area contributed by atoms with Crippen molar-refractivity contribution in [1.29, 1.82) is 0 Å². The van der Waals surface area contributed by atoms with Crippen LogP contribution < -0.4 is 0 Å². The highest BCUT2D eigenvalue weighted by Crippen LogP contribution is 2.46. The lowest BCUT2D eigenvalue weighted by Gasteiger charge is -2.42. The van der Waals surface area contributed by atoms with Crippen LogP contribution in [0.1, 0.15) is 64.2 Å². The highest BCUT2D eigenvalue weighted by atomic mass is 16.5. The molecule has 0 unspecified atom stereocenters. The Kier molecular flexibility index (Phi) is 5.36. The first-order valence-corrected chi connectivity index (χ1v) is 9.91. The van der Waals surface area contributed by atoms with Gasteiger partial charge in [-0.15, -0.1) is 0 Å². The van der Waals surface area contributed by atoms with E-state index in [9.17, 15) is 9.59 Å². The SMILES string of the molecule is CCOC(=O)C1=CC=CN(Cc2ccc3c(c2)C(C)(C)CCC3(C)C)C1=C=O. The van der Waals surface area contributed by atoms with E-state index in [0.717, 1.165) is 12.0 Å². The van der Waals surface area contributed by atoms with Crippen molar-refractivity contribution < 1.29 is 14.3 Å². The molecule has 0 N–H and O–H groups in total. The van der Waals surface area contributed by atoms with Crippen molar-refractivity contribution >= 4 is 11.9 Å². The summed E-state index contributed by atoms with van der Waals surface area (Å²) < 4.78 is 5.07. The van der Waals surface area contributed by atoms with Gasteiger partial charge in [0.1, 0.15) is 5.70 Å². The normalized spacial score (nSPS) is 19.5. The molecule has 0 spiro atoms. The first-order chi connectivity index (χ1) is 13.2. The molecule has 2 aliphatic rings. The lowest BCUT2D eigenvalue weighted by atomic mass is 9.63. The van der Waals surface area contributed by atoms with Gasteiger partial charge in [0.15, 0.2) is 5.94 Å². The number of allylic oxidation sites excluding steroid dienone is 2. The fraction of sp³-hybridized carbons (Fsp3) is 0.458. The molecule has 1 aliphatic carbocycles. The number of benzene rings is 1. The minimum Gasteiger partial charge on any atom is -0.462 e. The number of carbonyl (C=O) groups is 1. The lowest BCUT2D eigenvalue weighted by Crippen LogP contribution is -2.34. The standard InChI is InChI=1S/C24H29NO3/c1-6-28-22(27)18-8-7-13-25(21(18)16-26)15-17-9-10-19-20(14-17)24(4,5)12-11-23(19,2)3/h7-10,13-14H,6,11-12,15H2,1-5H3. The number of hydrogen-bond donors (Lipinski definition) is 0. The van der Waals surface area contributed by atoms with Crippen molar-refractivity contribution in [3.05, 3.63) is 64.5 Å². The molecule has 0 amide bonds. The van der Waals surface area contributed by atoms with Crippen LogP contribution in [-0.4, -0.2) is 23.4 Å². The van der Waals surface area contributed by atoms with Crippen molar-refractivity contribution in [1.82, 2.24) is 4.90 Å². The number of hydrogen-bond acceptors (Lipinski definition) is 4. The Balaban J connectivity index is 1.91. The summed E-state index contributed by atoms with van der Waals surface area (Å²) in [5, 5.41) is 0. The zero-order chi connectivity index (χ0) is 20.5. The molecule has 4 nitrogen and oxygen atoms in total. The minimum atomic E-state index is -0.497. The zero-order valence-corrected chi connectivity index (χ0v) is 17.5. The average molecular weight is 380 g/mol. The molecule has 3 rings (SSSR count). The van der Waals surface area contributed by atoms with Gasteiger partial charge in [-0.25, -0.2) is 9.59 Å². The Morgan fingerprint density at radius 1 is 1.14 bits per heavy atom. The van der Waals surface area contributed by atoms with Crippen LogP contribution in [0.5, 0.6) is 0 Å². The molecule has 0 aromatic heterocycles. The smallest absolute Gasteiger partial charge is 0.341 e. The van der Waals surface area contributed by atoms with Crippen LogP contribution in [0.2, 0.25) is 0 Å². The van der Waals surface area contributed by atoms with Crippen LogP contribution in [0.25, 0.3) is 0 Å². The summed E-state index contributed by atoms with van der Waals surface area (Å²) in [4.78, 5) is 25.5. The summed E-state index contributed by atoms with van der Waals surface area (Å²) in [6.45, 7) is 11.7. The molecule has 0 radical (unpaired) electrons. The van der Waals surface area contributed by atoms with Crippen LogP contribution in [0, 0.1) is 0 Å². The predicted octanol–water partition coefficient (Wildman–Crippen LogP) is 4.57. The number of carbonyl (C=O) groups excluding carboxylic acids is 2. The van der Waals surface area contributed by atoms with Crippen molar-refractivity contribution in [3.8, 4) is 0 Å². The Morgan fingerprint density at radius 2 is 1.82 bits per heavy atom. The number of rotatable bonds is 4. The van der Waals surface area contributed by atoms with Gasteiger partial charge in [0.25, 0.3) is 0 Å². The van der Waals surface area contributed by atoms with Gasteiger partial charge in [0.2, 0.25) is 0 Å². The maximum atomic E-state index is 12.2. The van der Waals surface area contributed by atoms with Crippen molar-refractivity contribution in [2.45, 2.75) is 64.8 Å². The zero-order valence-electron chi connectivity index (χ0n) is 17.5. The molecule has 0 bridgehead atoms. The highest BCUT2D eigenvalue weighted by Gasteiger charge is 2.37. The Bertz CT molecular complexity index is 898. The molecule has 1 aliphatic heterocycles. The first-order valence-electron chi connectivity index (χ1n) is 9.91. The monoisotopic (exact) mass is 379 g/mol. The molecule has 0 saturated carbocycles. The van der Waals surface area contributed by atoms with E-state index in [0.29, 0.717) is 6.54 Å². The summed E-state index contributed by atoms with van der Waals surface area (Å²) in [6, 6.07) is 6.61. The second kappa shape index (κ2) is 7.44. The number of ether oxygens (including phenoxy) is 1. The van der Waals surface area contributed by atoms with Gasteiger partial charge < -0.3 is 9.64 Å². The molecule has 1 heterocycles. The third kappa shape index (κ3) is 3.70. The fourth-order valence-electron chi connectivity index (χ4n) is 4.10. The Labute approximate surface area is 167 Å². The summed E-state index contributed by atoms with van der Waals surface area (Å²) >= 11 is 0.